The van der Waals surface area contributed by atoms with Crippen molar-refractivity contribution < 1.29 is 9.90 Å². The van der Waals surface area contributed by atoms with Crippen LogP contribution in [0, 0.1) is 0 Å². The number of aliphatic carboxylic acids is 1. The van der Waals surface area contributed by atoms with Crippen molar-refractivity contribution in [2.45, 2.75) is 0 Å². The number of carboxylic acids is 1. The van der Waals surface area contributed by atoms with Gasteiger partial charge in [-0.25, -0.2) is 4.98 Å². The van der Waals surface area contributed by atoms with Gasteiger partial charge in [-0.05, 0) is 0 Å². The molecule has 0 aromatic carbocycles. The Hall–Kier alpha value is -2.31. The van der Waals surface area contributed by atoms with Gasteiger partial charge in [0.1, 0.15) is 12.2 Å². The quantitative estimate of drug-likeness (QED) is 0.577. The van der Waals surface area contributed by atoms with E-state index < -0.39 is 11.5 Å². The van der Waals surface area contributed by atoms with Gasteiger partial charge < -0.3 is 20.7 Å². The van der Waals surface area contributed by atoms with Gasteiger partial charge in [0.2, 0.25) is 0 Å². The molecular weight excluding hydrogens is 212 g/mol. The number of anilines is 2. The van der Waals surface area contributed by atoms with E-state index in [2.05, 4.69) is 16.5 Å². The Balaban J connectivity index is 3.09. The number of hydrogen-bond acceptors (Lipinski definition) is 5. The number of aromatic nitrogens is 2. The van der Waals surface area contributed by atoms with E-state index in [9.17, 15) is 9.59 Å². The van der Waals surface area contributed by atoms with Crippen LogP contribution in [0.1, 0.15) is 0 Å². The second-order valence-electron chi connectivity index (χ2n) is 3.03. The highest BCUT2D eigenvalue weighted by atomic mass is 16.4. The fraction of sp³-hybridized carbons (Fsp3) is 0.222. The van der Waals surface area contributed by atoms with Crippen LogP contribution in [-0.4, -0.2) is 34.1 Å². The van der Waals surface area contributed by atoms with Crippen LogP contribution in [0.25, 0.3) is 0 Å². The van der Waals surface area contributed by atoms with Gasteiger partial charge in [0.05, 0.1) is 6.33 Å². The molecule has 1 heterocycles. The second-order valence-corrected chi connectivity index (χ2v) is 3.03. The molecule has 7 nitrogen and oxygen atoms in total. The second kappa shape index (κ2) is 4.96. The molecule has 7 heteroatoms. The van der Waals surface area contributed by atoms with Crippen molar-refractivity contribution in [3.05, 3.63) is 29.3 Å². The summed E-state index contributed by atoms with van der Waals surface area (Å²) in [7, 11) is 0. The maximum absolute atomic E-state index is 11.2. The van der Waals surface area contributed by atoms with Crippen LogP contribution in [0.2, 0.25) is 0 Å². The molecule has 0 atom stereocenters. The van der Waals surface area contributed by atoms with Crippen LogP contribution in [0.5, 0.6) is 0 Å². The monoisotopic (exact) mass is 224 g/mol. The molecule has 0 unspecified atom stereocenters. The lowest BCUT2D eigenvalue weighted by Crippen LogP contribution is -2.32. The Labute approximate surface area is 91.2 Å². The molecule has 1 aromatic rings. The number of hydrogen-bond donors (Lipinski definition) is 3. The zero-order chi connectivity index (χ0) is 12.1. The largest absolute Gasteiger partial charge is 0.480 e. The third-order valence-electron chi connectivity index (χ3n) is 1.84. The van der Waals surface area contributed by atoms with Gasteiger partial charge in [-0.3, -0.25) is 9.59 Å². The molecule has 86 valence electrons. The Morgan fingerprint density at radius 3 is 3.00 bits per heavy atom. The van der Waals surface area contributed by atoms with Crippen LogP contribution >= 0.6 is 0 Å². The van der Waals surface area contributed by atoms with E-state index in [4.69, 9.17) is 10.8 Å². The number of rotatable bonds is 5. The summed E-state index contributed by atoms with van der Waals surface area (Å²) >= 11 is 0. The highest BCUT2D eigenvalue weighted by Gasteiger charge is 2.15. The molecule has 0 bridgehead atoms. The topological polar surface area (TPSA) is 112 Å². The summed E-state index contributed by atoms with van der Waals surface area (Å²) in [5, 5.41) is 8.70. The average Bonchev–Trinajstić information content (AvgIpc) is 2.21. The van der Waals surface area contributed by atoms with Crippen LogP contribution in [-0.2, 0) is 4.79 Å². The van der Waals surface area contributed by atoms with Crippen molar-refractivity contribution >= 4 is 17.5 Å². The number of nitrogens with one attached hydrogen (secondary N) is 1. The number of carboxylic acid groups (broad SMARTS) is 1. The molecule has 1 rings (SSSR count). The normalized spacial score (nSPS) is 9.75. The van der Waals surface area contributed by atoms with Gasteiger partial charge in [0.25, 0.3) is 5.56 Å². The first kappa shape index (κ1) is 11.8. The first-order chi connectivity index (χ1) is 7.56. The molecule has 0 saturated carbocycles. The minimum Gasteiger partial charge on any atom is -0.480 e. The fourth-order valence-electron chi connectivity index (χ4n) is 1.20. The standard InChI is InChI=1S/C9H12N4O3/c1-2-3-13(4-6(14)15)8-7(10)9(16)12-5-11-8/h2,5H,1,3-4,10H2,(H,14,15)(H,11,12,16). The lowest BCUT2D eigenvalue weighted by Gasteiger charge is -2.20. The summed E-state index contributed by atoms with van der Waals surface area (Å²) in [4.78, 5) is 29.3. The number of aromatic amines is 1. The highest BCUT2D eigenvalue weighted by Crippen LogP contribution is 2.14. The molecule has 0 aliphatic rings. The van der Waals surface area contributed by atoms with E-state index in [1.165, 1.54) is 17.3 Å². The summed E-state index contributed by atoms with van der Waals surface area (Å²) in [5.74, 6) is -0.894. The Morgan fingerprint density at radius 1 is 1.75 bits per heavy atom. The summed E-state index contributed by atoms with van der Waals surface area (Å²) < 4.78 is 0. The van der Waals surface area contributed by atoms with E-state index in [1.807, 2.05) is 0 Å². The Morgan fingerprint density at radius 2 is 2.44 bits per heavy atom. The number of nitrogens with two attached hydrogens (primary N) is 1. The van der Waals surface area contributed by atoms with Crippen molar-refractivity contribution in [3.63, 3.8) is 0 Å². The van der Waals surface area contributed by atoms with E-state index in [0.717, 1.165) is 0 Å². The molecule has 4 N–H and O–H groups in total. The van der Waals surface area contributed by atoms with Crippen molar-refractivity contribution in [1.29, 1.82) is 0 Å². The summed E-state index contributed by atoms with van der Waals surface area (Å²) in [5.41, 5.74) is 4.91. The number of nitrogens with zero attached hydrogens (tertiary/aromatic N) is 2. The maximum atomic E-state index is 11.2. The smallest absolute Gasteiger partial charge is 0.323 e. The molecule has 1 aromatic heterocycles. The van der Waals surface area contributed by atoms with Gasteiger partial charge in [-0.15, -0.1) is 6.58 Å². The lowest BCUT2D eigenvalue weighted by atomic mass is 10.4. The summed E-state index contributed by atoms with van der Waals surface area (Å²) in [6.45, 7) is 3.44. The Bertz CT molecular complexity index is 454. The van der Waals surface area contributed by atoms with Crippen molar-refractivity contribution in [2.24, 2.45) is 0 Å². The predicted octanol–water partition coefficient (Wildman–Crippen LogP) is -0.571. The van der Waals surface area contributed by atoms with Gasteiger partial charge in [-0.1, -0.05) is 6.08 Å². The van der Waals surface area contributed by atoms with Gasteiger partial charge >= 0.3 is 5.97 Å². The SMILES string of the molecule is C=CCN(CC(=O)O)c1nc[nH]c(=O)c1N. The average molecular weight is 224 g/mol. The Kier molecular flexibility index (Phi) is 3.65. The third kappa shape index (κ3) is 2.59. The lowest BCUT2D eigenvalue weighted by molar-refractivity contribution is -0.135. The molecular formula is C9H12N4O3. The molecule has 0 amide bonds. The van der Waals surface area contributed by atoms with E-state index in [1.54, 1.807) is 0 Å². The minimum atomic E-state index is -1.04. The first-order valence-corrected chi connectivity index (χ1v) is 4.47. The maximum Gasteiger partial charge on any atom is 0.323 e. The summed E-state index contributed by atoms with van der Waals surface area (Å²) in [6, 6.07) is 0. The molecule has 0 spiro atoms. The van der Waals surface area contributed by atoms with Gasteiger partial charge in [-0.2, -0.15) is 0 Å². The number of nitrogen functional groups attached to an aromatic ring is 1. The molecule has 16 heavy (non-hydrogen) atoms. The van der Waals surface area contributed by atoms with Crippen molar-refractivity contribution in [3.8, 4) is 0 Å². The minimum absolute atomic E-state index is 0.106. The zero-order valence-corrected chi connectivity index (χ0v) is 8.51. The van der Waals surface area contributed by atoms with E-state index >= 15 is 0 Å². The van der Waals surface area contributed by atoms with Crippen LogP contribution in [0.4, 0.5) is 11.5 Å². The van der Waals surface area contributed by atoms with Crippen molar-refractivity contribution in [2.75, 3.05) is 23.7 Å². The third-order valence-corrected chi connectivity index (χ3v) is 1.84. The fourth-order valence-corrected chi connectivity index (χ4v) is 1.20. The molecule has 0 aliphatic carbocycles. The number of carbonyl (C=O) groups is 1. The van der Waals surface area contributed by atoms with Gasteiger partial charge in [0.15, 0.2) is 5.82 Å². The van der Waals surface area contributed by atoms with Crippen LogP contribution < -0.4 is 16.2 Å². The molecule has 0 fully saturated rings. The molecule has 0 radical (unpaired) electrons. The van der Waals surface area contributed by atoms with Crippen LogP contribution in [0.3, 0.4) is 0 Å². The van der Waals surface area contributed by atoms with E-state index in [-0.39, 0.29) is 24.6 Å². The predicted molar refractivity (Wildman–Crippen MR) is 59.3 cm³/mol. The summed E-state index contributed by atoms with van der Waals surface area (Å²) in [6.07, 6.45) is 2.68. The zero-order valence-electron chi connectivity index (χ0n) is 8.51. The van der Waals surface area contributed by atoms with E-state index in [0.29, 0.717) is 0 Å². The van der Waals surface area contributed by atoms with Crippen molar-refractivity contribution in [1.82, 2.24) is 9.97 Å². The molecule has 0 saturated heterocycles. The van der Waals surface area contributed by atoms with Gasteiger partial charge in [0, 0.05) is 6.54 Å². The molecule has 0 aliphatic heterocycles. The highest BCUT2D eigenvalue weighted by molar-refractivity contribution is 5.75. The first-order valence-electron chi connectivity index (χ1n) is 4.47. The number of H-pyrrole nitrogens is 1. The van der Waals surface area contributed by atoms with Crippen LogP contribution in [0.15, 0.2) is 23.8 Å².